The molecule has 0 atom stereocenters. The molecule has 0 N–H and O–H groups in total. The van der Waals surface area contributed by atoms with Crippen molar-refractivity contribution in [1.29, 1.82) is 0 Å². The Balaban J connectivity index is 1.73. The van der Waals surface area contributed by atoms with Gasteiger partial charge in [-0.2, -0.15) is 0 Å². The fourth-order valence-corrected chi connectivity index (χ4v) is 5.93. The van der Waals surface area contributed by atoms with Crippen LogP contribution in [0.25, 0.3) is 43.6 Å². The predicted molar refractivity (Wildman–Crippen MR) is 158 cm³/mol. The molecule has 1 aliphatic heterocycles. The Morgan fingerprint density at radius 3 is 2.24 bits per heavy atom. The van der Waals surface area contributed by atoms with E-state index in [1.807, 2.05) is 6.07 Å². The van der Waals surface area contributed by atoms with Crippen molar-refractivity contribution in [2.45, 2.75) is 68.2 Å². The molecule has 0 radical (unpaired) electrons. The number of benzene rings is 4. The van der Waals surface area contributed by atoms with Crippen LogP contribution >= 0.6 is 0 Å². The number of hydrogen-bond donors (Lipinski definition) is 0. The average molecular weight is 489 g/mol. The Labute approximate surface area is 222 Å². The normalized spacial score (nSPS) is 13.7. The Bertz CT molecular complexity index is 1780. The van der Waals surface area contributed by atoms with Crippen LogP contribution in [-0.4, -0.2) is 4.98 Å². The number of pyridine rings is 1. The third-order valence-corrected chi connectivity index (χ3v) is 7.60. The minimum atomic E-state index is 0.0771. The maximum absolute atomic E-state index is 8.70. The molecule has 37 heavy (non-hydrogen) atoms. The number of hydrogen-bond acceptors (Lipinski definition) is 2. The molecule has 1 aliphatic rings. The van der Waals surface area contributed by atoms with E-state index >= 15 is 0 Å². The largest absolute Gasteiger partial charge is 0.456 e. The number of fused-ring (bicyclic) bond motifs is 5. The highest BCUT2D eigenvalue weighted by Gasteiger charge is 2.29. The Hall–Kier alpha value is -3.39. The molecule has 2 heteroatoms. The fourth-order valence-electron chi connectivity index (χ4n) is 5.93. The van der Waals surface area contributed by atoms with Gasteiger partial charge >= 0.3 is 0 Å². The summed E-state index contributed by atoms with van der Waals surface area (Å²) in [6.07, 6.45) is 2.14. The third-order valence-electron chi connectivity index (χ3n) is 7.60. The van der Waals surface area contributed by atoms with Crippen LogP contribution in [0.3, 0.4) is 0 Å². The summed E-state index contributed by atoms with van der Waals surface area (Å²) in [6, 6.07) is 17.5. The number of nitrogens with zero attached hydrogens (tertiary/aromatic N) is 1. The molecule has 5 aromatic rings. The lowest BCUT2D eigenvalue weighted by Gasteiger charge is -2.28. The number of ether oxygens (including phenoxy) is 1. The monoisotopic (exact) mass is 488 g/mol. The van der Waals surface area contributed by atoms with Gasteiger partial charge in [-0.05, 0) is 99.3 Å². The van der Waals surface area contributed by atoms with Crippen LogP contribution in [0.4, 0.5) is 0 Å². The first-order chi connectivity index (χ1) is 17.8. The van der Waals surface area contributed by atoms with E-state index in [9.17, 15) is 0 Å². The van der Waals surface area contributed by atoms with Crippen LogP contribution in [0.15, 0.2) is 54.7 Å². The predicted octanol–water partition coefficient (Wildman–Crippen LogP) is 10.1. The summed E-state index contributed by atoms with van der Waals surface area (Å²) in [7, 11) is 0. The molecule has 0 saturated carbocycles. The second-order valence-electron chi connectivity index (χ2n) is 13.4. The second-order valence-corrected chi connectivity index (χ2v) is 13.4. The minimum absolute atomic E-state index is 0.0771. The van der Waals surface area contributed by atoms with Gasteiger partial charge in [0.15, 0.2) is 0 Å². The maximum Gasteiger partial charge on any atom is 0.140 e. The molecule has 2 nitrogen and oxygen atoms in total. The van der Waals surface area contributed by atoms with E-state index < -0.39 is 0 Å². The van der Waals surface area contributed by atoms with Gasteiger partial charge < -0.3 is 4.74 Å². The van der Waals surface area contributed by atoms with Crippen molar-refractivity contribution in [3.8, 4) is 22.8 Å². The van der Waals surface area contributed by atoms with Crippen molar-refractivity contribution in [3.63, 3.8) is 0 Å². The van der Waals surface area contributed by atoms with E-state index in [2.05, 4.69) is 97.9 Å². The molecule has 188 valence electrons. The first-order valence-corrected chi connectivity index (χ1v) is 13.4. The molecule has 0 fully saturated rings. The van der Waals surface area contributed by atoms with Crippen molar-refractivity contribution in [2.24, 2.45) is 10.8 Å². The maximum atomic E-state index is 8.70. The molecule has 1 aromatic heterocycles. The summed E-state index contributed by atoms with van der Waals surface area (Å²) in [5.74, 6) is 1.75. The third kappa shape index (κ3) is 4.07. The molecule has 0 aliphatic carbocycles. The minimum Gasteiger partial charge on any atom is -0.456 e. The number of rotatable bonds is 2. The van der Waals surface area contributed by atoms with Gasteiger partial charge in [-0.3, -0.25) is 4.98 Å². The van der Waals surface area contributed by atoms with Crippen molar-refractivity contribution in [3.05, 3.63) is 77.0 Å². The van der Waals surface area contributed by atoms with E-state index in [0.29, 0.717) is 0 Å². The zero-order valence-corrected chi connectivity index (χ0v) is 23.4. The van der Waals surface area contributed by atoms with Crippen LogP contribution < -0.4 is 4.74 Å². The average Bonchev–Trinajstić information content (AvgIpc) is 2.79. The zero-order chi connectivity index (χ0) is 27.1. The quantitative estimate of drug-likeness (QED) is 0.226. The standard InChI is InChI=1S/C35H37NO/c1-20-14-23-16-28-32-31-25(12-13-36-32)24-11-9-10-22(18-34(3,4)5)27(24)17-30(31)37-33(28)29(19-35(6,7)8)26(23)15-21(20)2/h9-17H,18-19H2,1-8H3/i13D. The smallest absolute Gasteiger partial charge is 0.140 e. The van der Waals surface area contributed by atoms with Crippen LogP contribution in [0, 0.1) is 24.7 Å². The Morgan fingerprint density at radius 1 is 0.784 bits per heavy atom. The molecule has 4 aromatic carbocycles. The van der Waals surface area contributed by atoms with Crippen molar-refractivity contribution < 1.29 is 6.11 Å². The van der Waals surface area contributed by atoms with E-state index in [0.717, 1.165) is 51.8 Å². The van der Waals surface area contributed by atoms with Crippen molar-refractivity contribution in [2.75, 3.05) is 0 Å². The molecule has 6 rings (SSSR count). The highest BCUT2D eigenvalue weighted by atomic mass is 16.5. The SMILES string of the molecule is [2H]c1cc2c3c(cc4c(CC(C)(C)C)cccc42)Oc2c(cc4cc(C)c(C)cc4c2CC(C)(C)C)-c3n1. The van der Waals surface area contributed by atoms with Crippen molar-refractivity contribution in [1.82, 2.24) is 4.98 Å². The van der Waals surface area contributed by atoms with Gasteiger partial charge in [0.25, 0.3) is 0 Å². The lowest BCUT2D eigenvalue weighted by atomic mass is 9.82. The van der Waals surface area contributed by atoms with Crippen LogP contribution in [0.5, 0.6) is 11.5 Å². The number of aromatic nitrogens is 1. The van der Waals surface area contributed by atoms with Crippen LogP contribution in [-0.2, 0) is 12.8 Å². The van der Waals surface area contributed by atoms with Gasteiger partial charge in [0.1, 0.15) is 11.5 Å². The topological polar surface area (TPSA) is 22.1 Å². The zero-order valence-electron chi connectivity index (χ0n) is 24.4. The van der Waals surface area contributed by atoms with Gasteiger partial charge in [0.05, 0.1) is 12.5 Å². The fraction of sp³-hybridized carbons (Fsp3) is 0.343. The van der Waals surface area contributed by atoms with E-state index in [4.69, 9.17) is 11.1 Å². The van der Waals surface area contributed by atoms with E-state index in [1.165, 1.54) is 38.4 Å². The summed E-state index contributed by atoms with van der Waals surface area (Å²) >= 11 is 0. The summed E-state index contributed by atoms with van der Waals surface area (Å²) in [4.78, 5) is 4.83. The van der Waals surface area contributed by atoms with E-state index in [-0.39, 0.29) is 17.0 Å². The van der Waals surface area contributed by atoms with Crippen molar-refractivity contribution >= 4 is 32.3 Å². The molecular weight excluding hydrogens is 450 g/mol. The lowest BCUT2D eigenvalue weighted by Crippen LogP contribution is -2.12. The summed E-state index contributed by atoms with van der Waals surface area (Å²) in [6.45, 7) is 18.0. The molecule has 0 bridgehead atoms. The number of aryl methyl sites for hydroxylation is 2. The molecular formula is C35H37NO. The van der Waals surface area contributed by atoms with Crippen LogP contribution in [0.1, 0.15) is 65.2 Å². The van der Waals surface area contributed by atoms with Gasteiger partial charge in [-0.25, -0.2) is 0 Å². The molecule has 2 heterocycles. The summed E-state index contributed by atoms with van der Waals surface area (Å²) in [5, 5.41) is 6.88. The second kappa shape index (κ2) is 8.05. The Morgan fingerprint density at radius 2 is 1.51 bits per heavy atom. The highest BCUT2D eigenvalue weighted by molar-refractivity contribution is 6.17. The van der Waals surface area contributed by atoms with Gasteiger partial charge in [0.2, 0.25) is 0 Å². The van der Waals surface area contributed by atoms with Gasteiger partial charge in [0, 0.05) is 17.3 Å². The molecule has 0 saturated heterocycles. The molecule has 0 spiro atoms. The molecule has 0 amide bonds. The van der Waals surface area contributed by atoms with E-state index in [1.54, 1.807) is 0 Å². The first-order valence-electron chi connectivity index (χ1n) is 13.9. The summed E-state index contributed by atoms with van der Waals surface area (Å²) < 4.78 is 15.6. The Kier molecular flexibility index (Phi) is 4.96. The van der Waals surface area contributed by atoms with Gasteiger partial charge in [-0.1, -0.05) is 71.9 Å². The van der Waals surface area contributed by atoms with Crippen LogP contribution in [0.2, 0.25) is 0 Å². The lowest BCUT2D eigenvalue weighted by molar-refractivity contribution is 0.400. The summed E-state index contributed by atoms with van der Waals surface area (Å²) in [5.41, 5.74) is 7.20. The molecule has 0 unspecified atom stereocenters. The first kappa shape index (κ1) is 22.8. The highest BCUT2D eigenvalue weighted by Crippen LogP contribution is 2.52. The van der Waals surface area contributed by atoms with Gasteiger partial charge in [-0.15, -0.1) is 0 Å².